The molecular weight excluding hydrogens is 348 g/mol. The maximum Gasteiger partial charge on any atom is 0.281 e. The first-order valence-electron chi connectivity index (χ1n) is 9.01. The molecule has 0 fully saturated rings. The Morgan fingerprint density at radius 3 is 1.82 bits per heavy atom. The van der Waals surface area contributed by atoms with Crippen LogP contribution in [0.5, 0.6) is 0 Å². The van der Waals surface area contributed by atoms with Crippen LogP contribution in [0, 0.1) is 0 Å². The van der Waals surface area contributed by atoms with Crippen molar-refractivity contribution in [2.24, 2.45) is 5.10 Å². The van der Waals surface area contributed by atoms with Crippen LogP contribution < -0.4 is 5.43 Å². The fourth-order valence-corrected chi connectivity index (χ4v) is 2.91. The number of allylic oxidation sites excluding steroid dienone is 1. The summed E-state index contributed by atoms with van der Waals surface area (Å²) in [6, 6.07) is 27.5. The highest BCUT2D eigenvalue weighted by Crippen LogP contribution is 2.29. The summed E-state index contributed by atoms with van der Waals surface area (Å²) in [4.78, 5) is 12.9. The van der Waals surface area contributed by atoms with Crippen molar-refractivity contribution in [3.8, 4) is 0 Å². The van der Waals surface area contributed by atoms with Gasteiger partial charge in [0.15, 0.2) is 5.60 Å². The molecule has 28 heavy (non-hydrogen) atoms. The normalized spacial score (nSPS) is 12.1. The lowest BCUT2D eigenvalue weighted by Gasteiger charge is -2.27. The Hall–Kier alpha value is -3.50. The summed E-state index contributed by atoms with van der Waals surface area (Å²) in [5.74, 6) is -0.617. The minimum Gasteiger partial charge on any atom is -0.372 e. The van der Waals surface area contributed by atoms with E-state index in [1.165, 1.54) is 0 Å². The Labute approximate surface area is 164 Å². The van der Waals surface area contributed by atoms with Gasteiger partial charge in [0.25, 0.3) is 5.91 Å². The van der Waals surface area contributed by atoms with Crippen LogP contribution in [-0.4, -0.2) is 17.2 Å². The van der Waals surface area contributed by atoms with Gasteiger partial charge >= 0.3 is 0 Å². The van der Waals surface area contributed by atoms with Crippen LogP contribution >= 0.6 is 0 Å². The van der Waals surface area contributed by atoms with Gasteiger partial charge in [0.05, 0.1) is 6.21 Å². The molecule has 4 nitrogen and oxygen atoms in total. The number of benzene rings is 3. The molecule has 0 spiro atoms. The van der Waals surface area contributed by atoms with Crippen molar-refractivity contribution >= 4 is 18.2 Å². The summed E-state index contributed by atoms with van der Waals surface area (Å²) in [5.41, 5.74) is 3.51. The van der Waals surface area contributed by atoms with Gasteiger partial charge in [0.2, 0.25) is 0 Å². The quantitative estimate of drug-likeness (QED) is 0.506. The van der Waals surface area contributed by atoms with Crippen molar-refractivity contribution in [2.45, 2.75) is 12.5 Å². The van der Waals surface area contributed by atoms with Crippen molar-refractivity contribution in [2.75, 3.05) is 0 Å². The zero-order chi connectivity index (χ0) is 19.8. The second kappa shape index (κ2) is 8.93. The number of amides is 1. The number of carbonyl (C=O) groups excluding carboxylic acids is 1. The fraction of sp³-hybridized carbons (Fsp3) is 0.0833. The monoisotopic (exact) mass is 370 g/mol. The molecule has 0 atom stereocenters. The van der Waals surface area contributed by atoms with E-state index in [9.17, 15) is 9.90 Å². The predicted octanol–water partition coefficient (Wildman–Crippen LogP) is 4.13. The summed E-state index contributed by atoms with van der Waals surface area (Å²) in [6.07, 6.45) is 3.51. The number of hydrazone groups is 1. The number of carbonyl (C=O) groups is 1. The summed E-state index contributed by atoms with van der Waals surface area (Å²) in [6.45, 7) is 1.89. The molecule has 0 radical (unpaired) electrons. The first kappa shape index (κ1) is 19.3. The third-order valence-electron chi connectivity index (χ3n) is 4.34. The van der Waals surface area contributed by atoms with Gasteiger partial charge < -0.3 is 5.11 Å². The van der Waals surface area contributed by atoms with E-state index in [4.69, 9.17) is 0 Å². The van der Waals surface area contributed by atoms with E-state index in [1.807, 2.05) is 55.5 Å². The van der Waals surface area contributed by atoms with Crippen molar-refractivity contribution in [1.82, 2.24) is 5.43 Å². The molecule has 3 aromatic carbocycles. The Morgan fingerprint density at radius 2 is 1.32 bits per heavy atom. The predicted molar refractivity (Wildman–Crippen MR) is 113 cm³/mol. The minimum absolute atomic E-state index is 0.477. The molecule has 4 heteroatoms. The molecular formula is C24H22N2O2. The first-order chi connectivity index (χ1) is 13.6. The SMILES string of the molecule is CC(C=NNC(=O)C(O)(c1ccccc1)c1ccccc1)=Cc1ccccc1. The average Bonchev–Trinajstić information content (AvgIpc) is 2.75. The van der Waals surface area contributed by atoms with E-state index in [-0.39, 0.29) is 0 Å². The number of aliphatic hydroxyl groups is 1. The molecule has 140 valence electrons. The van der Waals surface area contributed by atoms with E-state index in [0.29, 0.717) is 11.1 Å². The van der Waals surface area contributed by atoms with Crippen molar-refractivity contribution in [1.29, 1.82) is 0 Å². The molecule has 0 saturated heterocycles. The number of nitrogens with zero attached hydrogens (tertiary/aromatic N) is 1. The van der Waals surface area contributed by atoms with E-state index < -0.39 is 11.5 Å². The van der Waals surface area contributed by atoms with Gasteiger partial charge in [-0.1, -0.05) is 97.1 Å². The van der Waals surface area contributed by atoms with Crippen LogP contribution in [0.25, 0.3) is 6.08 Å². The molecule has 1 amide bonds. The van der Waals surface area contributed by atoms with Crippen LogP contribution in [-0.2, 0) is 10.4 Å². The maximum absolute atomic E-state index is 12.9. The number of rotatable bonds is 6. The van der Waals surface area contributed by atoms with Gasteiger partial charge in [0.1, 0.15) is 0 Å². The third kappa shape index (κ3) is 4.42. The van der Waals surface area contributed by atoms with Crippen molar-refractivity contribution in [3.05, 3.63) is 113 Å². The second-order valence-electron chi connectivity index (χ2n) is 6.44. The highest BCUT2D eigenvalue weighted by molar-refractivity contribution is 5.91. The molecule has 0 saturated carbocycles. The lowest BCUT2D eigenvalue weighted by molar-refractivity contribution is -0.136. The molecule has 2 N–H and O–H groups in total. The molecule has 0 aromatic heterocycles. The number of nitrogens with one attached hydrogen (secondary N) is 1. The first-order valence-corrected chi connectivity index (χ1v) is 9.01. The zero-order valence-corrected chi connectivity index (χ0v) is 15.6. The van der Waals surface area contributed by atoms with Gasteiger partial charge in [-0.15, -0.1) is 0 Å². The molecule has 0 unspecified atom stereocenters. The lowest BCUT2D eigenvalue weighted by Crippen LogP contribution is -2.43. The molecule has 3 aromatic rings. The van der Waals surface area contributed by atoms with E-state index in [2.05, 4.69) is 10.5 Å². The van der Waals surface area contributed by atoms with Gasteiger partial charge in [-0.3, -0.25) is 4.79 Å². The highest BCUT2D eigenvalue weighted by Gasteiger charge is 2.39. The lowest BCUT2D eigenvalue weighted by atomic mass is 9.85. The Bertz CT molecular complexity index is 926. The molecule has 3 rings (SSSR count). The van der Waals surface area contributed by atoms with Crippen LogP contribution in [0.2, 0.25) is 0 Å². The summed E-state index contributed by atoms with van der Waals surface area (Å²) in [5, 5.41) is 15.4. The molecule has 0 aliphatic rings. The van der Waals surface area contributed by atoms with Gasteiger partial charge in [-0.25, -0.2) is 5.43 Å². The zero-order valence-electron chi connectivity index (χ0n) is 15.6. The standard InChI is InChI=1S/C24H22N2O2/c1-19(17-20-11-5-2-6-12-20)18-25-26-23(27)24(28,21-13-7-3-8-14-21)22-15-9-4-10-16-22/h2-18,28H,1H3,(H,26,27). The summed E-state index contributed by atoms with van der Waals surface area (Å²) >= 11 is 0. The van der Waals surface area contributed by atoms with Crippen LogP contribution in [0.4, 0.5) is 0 Å². The smallest absolute Gasteiger partial charge is 0.281 e. The molecule has 0 heterocycles. The second-order valence-corrected chi connectivity index (χ2v) is 6.44. The van der Waals surface area contributed by atoms with Crippen molar-refractivity contribution in [3.63, 3.8) is 0 Å². The molecule has 0 aliphatic heterocycles. The maximum atomic E-state index is 12.9. The largest absolute Gasteiger partial charge is 0.372 e. The Kier molecular flexibility index (Phi) is 6.14. The van der Waals surface area contributed by atoms with Crippen LogP contribution in [0.3, 0.4) is 0 Å². The van der Waals surface area contributed by atoms with Crippen LogP contribution in [0.15, 0.2) is 102 Å². The van der Waals surface area contributed by atoms with E-state index >= 15 is 0 Å². The average molecular weight is 370 g/mol. The van der Waals surface area contributed by atoms with Crippen molar-refractivity contribution < 1.29 is 9.90 Å². The summed E-state index contributed by atoms with van der Waals surface area (Å²) in [7, 11) is 0. The molecule has 0 bridgehead atoms. The number of hydrogen-bond acceptors (Lipinski definition) is 3. The van der Waals surface area contributed by atoms with E-state index in [1.54, 1.807) is 54.7 Å². The van der Waals surface area contributed by atoms with Gasteiger partial charge in [0, 0.05) is 0 Å². The van der Waals surface area contributed by atoms with Crippen LogP contribution in [0.1, 0.15) is 23.6 Å². The van der Waals surface area contributed by atoms with Gasteiger partial charge in [-0.2, -0.15) is 5.10 Å². The Balaban J connectivity index is 1.82. The van der Waals surface area contributed by atoms with Gasteiger partial charge in [-0.05, 0) is 29.2 Å². The molecule has 0 aliphatic carbocycles. The topological polar surface area (TPSA) is 61.7 Å². The van der Waals surface area contributed by atoms with E-state index in [0.717, 1.165) is 11.1 Å². The third-order valence-corrected chi connectivity index (χ3v) is 4.34. The minimum atomic E-state index is -1.84. The fourth-order valence-electron chi connectivity index (χ4n) is 2.91. The Morgan fingerprint density at radius 1 is 0.857 bits per heavy atom. The summed E-state index contributed by atoms with van der Waals surface area (Å²) < 4.78 is 0. The highest BCUT2D eigenvalue weighted by atomic mass is 16.3. The number of hydrogen-bond donors (Lipinski definition) is 2.